The highest BCUT2D eigenvalue weighted by Gasteiger charge is 2.45. The third-order valence-electron chi connectivity index (χ3n) is 6.41. The molecule has 13 heteroatoms. The number of hydrogen-bond acceptors (Lipinski definition) is 5. The second-order valence-electron chi connectivity index (χ2n) is 8.68. The zero-order valence-corrected chi connectivity index (χ0v) is 19.1. The molecular formula is C23H23F5N4O4. The number of alkyl halides is 3. The van der Waals surface area contributed by atoms with E-state index in [2.05, 4.69) is 10.6 Å². The average molecular weight is 514 g/mol. The minimum Gasteiger partial charge on any atom is -0.503 e. The van der Waals surface area contributed by atoms with E-state index in [1.165, 1.54) is 9.47 Å². The van der Waals surface area contributed by atoms with Gasteiger partial charge in [0.15, 0.2) is 11.4 Å². The van der Waals surface area contributed by atoms with Gasteiger partial charge in [-0.3, -0.25) is 14.4 Å². The summed E-state index contributed by atoms with van der Waals surface area (Å²) in [7, 11) is 0. The predicted molar refractivity (Wildman–Crippen MR) is 117 cm³/mol. The fourth-order valence-corrected chi connectivity index (χ4v) is 4.74. The lowest BCUT2D eigenvalue weighted by Crippen LogP contribution is -2.44. The molecule has 3 N–H and O–H groups in total. The van der Waals surface area contributed by atoms with Crippen molar-refractivity contribution in [2.24, 2.45) is 0 Å². The predicted octanol–water partition coefficient (Wildman–Crippen LogP) is 2.77. The van der Waals surface area contributed by atoms with Crippen LogP contribution in [0.2, 0.25) is 0 Å². The Kier molecular flexibility index (Phi) is 6.78. The Morgan fingerprint density at radius 2 is 1.94 bits per heavy atom. The van der Waals surface area contributed by atoms with Gasteiger partial charge in [-0.25, -0.2) is 8.78 Å². The minimum absolute atomic E-state index is 0.0128. The van der Waals surface area contributed by atoms with E-state index in [4.69, 9.17) is 0 Å². The van der Waals surface area contributed by atoms with Crippen molar-refractivity contribution in [2.45, 2.75) is 44.6 Å². The molecule has 1 aromatic carbocycles. The van der Waals surface area contributed by atoms with Crippen LogP contribution in [0.25, 0.3) is 0 Å². The quantitative estimate of drug-likeness (QED) is 0.493. The zero-order chi connectivity index (χ0) is 26.4. The summed E-state index contributed by atoms with van der Waals surface area (Å²) in [5, 5.41) is 15.7. The standard InChI is InChI=1S/C23H23F5N4O4/c1-2-31-10-13-8-15(29-6-5-23(26,27)28)17-16(19(33)20(34)18(22(31)36)32(13)17)21(35)30-9-11-3-4-12(24)7-14(11)25/h3-4,7,13,15,29,34H,2,5-6,8-10H2,1H3,(H,30,35)/t13-,15-/m1/s1. The Morgan fingerprint density at radius 1 is 1.22 bits per heavy atom. The lowest BCUT2D eigenvalue weighted by Gasteiger charge is -2.33. The summed E-state index contributed by atoms with van der Waals surface area (Å²) in [6.45, 7) is 1.23. The van der Waals surface area contributed by atoms with Crippen molar-refractivity contribution < 1.29 is 36.6 Å². The number of likely N-dealkylation sites (N-methyl/N-ethyl adjacent to an activating group) is 1. The van der Waals surface area contributed by atoms with Crippen LogP contribution >= 0.6 is 0 Å². The minimum atomic E-state index is -4.44. The summed E-state index contributed by atoms with van der Waals surface area (Å²) < 4.78 is 66.7. The molecule has 36 heavy (non-hydrogen) atoms. The van der Waals surface area contributed by atoms with Gasteiger partial charge in [0.1, 0.15) is 17.2 Å². The van der Waals surface area contributed by atoms with Crippen LogP contribution in [0, 0.1) is 11.6 Å². The smallest absolute Gasteiger partial charge is 0.390 e. The number of benzene rings is 1. The lowest BCUT2D eigenvalue weighted by atomic mass is 10.0. The highest BCUT2D eigenvalue weighted by molar-refractivity contribution is 6.00. The van der Waals surface area contributed by atoms with E-state index in [1.807, 2.05) is 0 Å². The second-order valence-corrected chi connectivity index (χ2v) is 8.68. The fourth-order valence-electron chi connectivity index (χ4n) is 4.74. The number of aromatic nitrogens is 1. The molecule has 0 spiro atoms. The lowest BCUT2D eigenvalue weighted by molar-refractivity contribution is -0.133. The Labute approximate surface area is 201 Å². The number of carbonyl (C=O) groups excluding carboxylic acids is 2. The van der Waals surface area contributed by atoms with Gasteiger partial charge in [-0.1, -0.05) is 6.07 Å². The van der Waals surface area contributed by atoms with Crippen molar-refractivity contribution in [1.82, 2.24) is 20.1 Å². The van der Waals surface area contributed by atoms with Crippen molar-refractivity contribution >= 4 is 11.8 Å². The first kappa shape index (κ1) is 25.6. The van der Waals surface area contributed by atoms with Gasteiger partial charge in [-0.05, 0) is 19.4 Å². The van der Waals surface area contributed by atoms with Crippen molar-refractivity contribution in [1.29, 1.82) is 0 Å². The van der Waals surface area contributed by atoms with Gasteiger partial charge in [-0.2, -0.15) is 13.2 Å². The molecule has 2 aliphatic rings. The van der Waals surface area contributed by atoms with Crippen LogP contribution in [-0.2, 0) is 6.54 Å². The number of carbonyl (C=O) groups is 2. The Hall–Kier alpha value is -3.48. The van der Waals surface area contributed by atoms with E-state index in [0.29, 0.717) is 6.07 Å². The van der Waals surface area contributed by atoms with Crippen molar-refractivity contribution in [2.75, 3.05) is 19.6 Å². The van der Waals surface area contributed by atoms with Crippen molar-refractivity contribution in [3.8, 4) is 5.75 Å². The molecule has 0 aliphatic carbocycles. The largest absolute Gasteiger partial charge is 0.503 e. The summed E-state index contributed by atoms with van der Waals surface area (Å²) in [4.78, 5) is 40.5. The third-order valence-corrected chi connectivity index (χ3v) is 6.41. The summed E-state index contributed by atoms with van der Waals surface area (Å²) in [6, 6.07) is 1.33. The van der Waals surface area contributed by atoms with E-state index in [9.17, 15) is 41.4 Å². The molecule has 194 valence electrons. The third kappa shape index (κ3) is 4.66. The van der Waals surface area contributed by atoms with Gasteiger partial charge >= 0.3 is 6.18 Å². The van der Waals surface area contributed by atoms with Gasteiger partial charge in [0.05, 0.1) is 24.2 Å². The summed E-state index contributed by atoms with van der Waals surface area (Å²) in [6.07, 6.45) is -5.42. The van der Waals surface area contributed by atoms with E-state index >= 15 is 0 Å². The van der Waals surface area contributed by atoms with Crippen LogP contribution < -0.4 is 16.1 Å². The molecule has 8 nitrogen and oxygen atoms in total. The first-order valence-corrected chi connectivity index (χ1v) is 11.3. The summed E-state index contributed by atoms with van der Waals surface area (Å²) >= 11 is 0. The number of aromatic hydroxyl groups is 1. The normalized spacial score (nSPS) is 18.9. The van der Waals surface area contributed by atoms with Crippen LogP contribution in [0.5, 0.6) is 5.75 Å². The highest BCUT2D eigenvalue weighted by Crippen LogP contribution is 2.42. The molecule has 0 fully saturated rings. The maximum Gasteiger partial charge on any atom is 0.390 e. The Balaban J connectivity index is 1.74. The van der Waals surface area contributed by atoms with E-state index in [1.54, 1.807) is 6.92 Å². The highest BCUT2D eigenvalue weighted by atomic mass is 19.4. The molecule has 0 saturated carbocycles. The molecule has 2 aromatic rings. The molecular weight excluding hydrogens is 491 g/mol. The molecule has 2 amide bonds. The SMILES string of the molecule is CCN1C[C@H]2C[C@@H](NCCC(F)(F)F)c3c(C(=O)NCc4ccc(F)cc4F)c(=O)c(O)c(n32)C1=O. The Bertz CT molecular complexity index is 1280. The van der Waals surface area contributed by atoms with Crippen LogP contribution in [0.4, 0.5) is 22.0 Å². The zero-order valence-electron chi connectivity index (χ0n) is 19.1. The van der Waals surface area contributed by atoms with Crippen LogP contribution in [-0.4, -0.2) is 52.2 Å². The maximum atomic E-state index is 14.0. The fraction of sp³-hybridized carbons (Fsp3) is 0.435. The monoisotopic (exact) mass is 514 g/mol. The van der Waals surface area contributed by atoms with Crippen molar-refractivity contribution in [3.63, 3.8) is 0 Å². The van der Waals surface area contributed by atoms with Gasteiger partial charge in [0.2, 0.25) is 5.43 Å². The van der Waals surface area contributed by atoms with Gasteiger partial charge in [-0.15, -0.1) is 0 Å². The number of nitrogens with zero attached hydrogens (tertiary/aromatic N) is 2. The Morgan fingerprint density at radius 3 is 2.58 bits per heavy atom. The molecule has 1 aromatic heterocycles. The number of halogens is 5. The summed E-state index contributed by atoms with van der Waals surface area (Å²) in [5.74, 6) is -4.35. The molecule has 0 bridgehead atoms. The first-order chi connectivity index (χ1) is 16.9. The molecule has 2 atom stereocenters. The number of rotatable bonds is 7. The van der Waals surface area contributed by atoms with Crippen LogP contribution in [0.3, 0.4) is 0 Å². The summed E-state index contributed by atoms with van der Waals surface area (Å²) in [5.41, 5.74) is -2.13. The molecule has 2 aliphatic heterocycles. The van der Waals surface area contributed by atoms with Crippen LogP contribution in [0.15, 0.2) is 23.0 Å². The number of amides is 2. The van der Waals surface area contributed by atoms with Gasteiger partial charge in [0.25, 0.3) is 11.8 Å². The number of hydrogen-bond donors (Lipinski definition) is 3. The van der Waals surface area contributed by atoms with E-state index in [-0.39, 0.29) is 36.5 Å². The molecule has 3 heterocycles. The molecule has 0 unspecified atom stereocenters. The molecule has 4 rings (SSSR count). The second kappa shape index (κ2) is 9.52. The molecule has 0 saturated heterocycles. The van der Waals surface area contributed by atoms with Gasteiger partial charge in [0, 0.05) is 37.8 Å². The number of pyridine rings is 1. The maximum absolute atomic E-state index is 14.0. The van der Waals surface area contributed by atoms with E-state index in [0.717, 1.165) is 12.1 Å². The first-order valence-electron chi connectivity index (χ1n) is 11.3. The molecule has 0 radical (unpaired) electrons. The average Bonchev–Trinajstić information content (AvgIpc) is 3.14. The van der Waals surface area contributed by atoms with Crippen molar-refractivity contribution in [3.05, 3.63) is 62.6 Å². The number of nitrogens with one attached hydrogen (secondary N) is 2. The topological polar surface area (TPSA) is 104 Å². The van der Waals surface area contributed by atoms with Gasteiger partial charge < -0.3 is 25.2 Å². The van der Waals surface area contributed by atoms with Crippen LogP contribution in [0.1, 0.15) is 64.0 Å². The van der Waals surface area contributed by atoms with E-state index < -0.39 is 78.0 Å².